The molecule has 0 unspecified atom stereocenters. The van der Waals surface area contributed by atoms with E-state index in [1.54, 1.807) is 6.07 Å². The number of benzene rings is 2. The monoisotopic (exact) mass is 367 g/mol. The molecule has 0 saturated heterocycles. The molecule has 0 saturated carbocycles. The minimum absolute atomic E-state index is 0.00924. The lowest BCUT2D eigenvalue weighted by Gasteiger charge is -2.19. The molecule has 2 aromatic rings. The Balaban J connectivity index is 1.96. The fraction of sp³-hybridized carbons (Fsp3) is 0.235. The van der Waals surface area contributed by atoms with Crippen molar-refractivity contribution >= 4 is 11.7 Å². The quantitative estimate of drug-likeness (QED) is 0.642. The number of hydrogen-bond donors (Lipinski definition) is 1. The van der Waals surface area contributed by atoms with Crippen LogP contribution in [-0.4, -0.2) is 22.9 Å². The molecule has 0 bridgehead atoms. The number of amides is 2. The van der Waals surface area contributed by atoms with Gasteiger partial charge in [0.05, 0.1) is 10.5 Å². The lowest BCUT2D eigenvalue weighted by atomic mass is 10.1. The largest absolute Gasteiger partial charge is 0.416 e. The first-order valence-corrected chi connectivity index (χ1v) is 7.55. The Labute approximate surface area is 147 Å². The third-order valence-corrected chi connectivity index (χ3v) is 3.59. The molecule has 138 valence electrons. The minimum Gasteiger partial charge on any atom is -0.334 e. The summed E-state index contributed by atoms with van der Waals surface area (Å²) in [5.74, 6) is 0. The third kappa shape index (κ3) is 5.20. The number of rotatable bonds is 5. The predicted molar refractivity (Wildman–Crippen MR) is 88.2 cm³/mol. The van der Waals surface area contributed by atoms with Gasteiger partial charge in [0.2, 0.25) is 0 Å². The highest BCUT2D eigenvalue weighted by atomic mass is 19.4. The van der Waals surface area contributed by atoms with Gasteiger partial charge in [0.25, 0.3) is 5.69 Å². The number of urea groups is 1. The van der Waals surface area contributed by atoms with Crippen molar-refractivity contribution in [3.8, 4) is 0 Å². The zero-order chi connectivity index (χ0) is 19.3. The summed E-state index contributed by atoms with van der Waals surface area (Å²) < 4.78 is 38.2. The highest BCUT2D eigenvalue weighted by Crippen LogP contribution is 2.29. The number of carbonyl (C=O) groups is 1. The Kier molecular flexibility index (Phi) is 5.81. The van der Waals surface area contributed by atoms with Gasteiger partial charge in [0, 0.05) is 32.3 Å². The summed E-state index contributed by atoms with van der Waals surface area (Å²) >= 11 is 0. The van der Waals surface area contributed by atoms with Gasteiger partial charge in [-0.1, -0.05) is 24.3 Å². The maximum absolute atomic E-state index is 12.7. The number of nitro benzene ring substituents is 1. The minimum atomic E-state index is -4.45. The third-order valence-electron chi connectivity index (χ3n) is 3.59. The van der Waals surface area contributed by atoms with Crippen molar-refractivity contribution in [2.75, 3.05) is 7.05 Å². The number of hydrogen-bond acceptors (Lipinski definition) is 3. The van der Waals surface area contributed by atoms with E-state index in [1.165, 1.54) is 42.3 Å². The van der Waals surface area contributed by atoms with Crippen molar-refractivity contribution in [2.24, 2.45) is 0 Å². The van der Waals surface area contributed by atoms with Gasteiger partial charge in [-0.05, 0) is 23.3 Å². The molecule has 2 amide bonds. The van der Waals surface area contributed by atoms with E-state index in [0.29, 0.717) is 11.1 Å². The van der Waals surface area contributed by atoms with Gasteiger partial charge < -0.3 is 10.2 Å². The predicted octanol–water partition coefficient (Wildman–Crippen LogP) is 3.96. The first-order valence-electron chi connectivity index (χ1n) is 7.55. The van der Waals surface area contributed by atoms with Crippen molar-refractivity contribution in [3.05, 3.63) is 75.3 Å². The lowest BCUT2D eigenvalue weighted by Crippen LogP contribution is -2.36. The second-order valence-electron chi connectivity index (χ2n) is 5.64. The first kappa shape index (κ1) is 19.2. The van der Waals surface area contributed by atoms with Gasteiger partial charge in [0.15, 0.2) is 0 Å². The Morgan fingerprint density at radius 1 is 1.15 bits per heavy atom. The number of carbonyl (C=O) groups excluding carboxylic acids is 1. The van der Waals surface area contributed by atoms with Crippen molar-refractivity contribution in [3.63, 3.8) is 0 Å². The van der Waals surface area contributed by atoms with E-state index in [2.05, 4.69) is 5.32 Å². The molecule has 0 aliphatic heterocycles. The number of alkyl halides is 3. The molecule has 26 heavy (non-hydrogen) atoms. The van der Waals surface area contributed by atoms with Gasteiger partial charge in [-0.25, -0.2) is 4.79 Å². The maximum Gasteiger partial charge on any atom is 0.416 e. The molecule has 2 rings (SSSR count). The van der Waals surface area contributed by atoms with Crippen LogP contribution in [0.25, 0.3) is 0 Å². The van der Waals surface area contributed by atoms with Crippen LogP contribution in [0.3, 0.4) is 0 Å². The molecule has 6 nitrogen and oxygen atoms in total. The van der Waals surface area contributed by atoms with Crippen molar-refractivity contribution < 1.29 is 22.9 Å². The molecule has 2 aromatic carbocycles. The van der Waals surface area contributed by atoms with E-state index in [9.17, 15) is 28.1 Å². The molecule has 0 spiro atoms. The van der Waals surface area contributed by atoms with E-state index < -0.39 is 22.7 Å². The average molecular weight is 367 g/mol. The molecular weight excluding hydrogens is 351 g/mol. The topological polar surface area (TPSA) is 75.5 Å². The molecule has 0 heterocycles. The lowest BCUT2D eigenvalue weighted by molar-refractivity contribution is -0.384. The second-order valence-corrected chi connectivity index (χ2v) is 5.64. The second kappa shape index (κ2) is 7.85. The molecule has 0 aromatic heterocycles. The van der Waals surface area contributed by atoms with Gasteiger partial charge in [-0.3, -0.25) is 10.1 Å². The van der Waals surface area contributed by atoms with E-state index in [-0.39, 0.29) is 18.8 Å². The zero-order valence-electron chi connectivity index (χ0n) is 13.8. The number of nitrogens with one attached hydrogen (secondary N) is 1. The summed E-state index contributed by atoms with van der Waals surface area (Å²) in [6.45, 7) is 0.0537. The molecule has 0 atom stereocenters. The molecular formula is C17H16F3N3O3. The van der Waals surface area contributed by atoms with Crippen LogP contribution in [0.2, 0.25) is 0 Å². The van der Waals surface area contributed by atoms with Crippen LogP contribution in [0.4, 0.5) is 23.7 Å². The van der Waals surface area contributed by atoms with Crippen LogP contribution in [0.1, 0.15) is 16.7 Å². The van der Waals surface area contributed by atoms with Crippen LogP contribution in [0.15, 0.2) is 48.5 Å². The Morgan fingerprint density at radius 3 is 2.46 bits per heavy atom. The Bertz CT molecular complexity index is 809. The van der Waals surface area contributed by atoms with Crippen LogP contribution in [-0.2, 0) is 19.3 Å². The van der Waals surface area contributed by atoms with Gasteiger partial charge >= 0.3 is 12.2 Å². The number of nitro groups is 1. The van der Waals surface area contributed by atoms with Crippen molar-refractivity contribution in [1.29, 1.82) is 0 Å². The van der Waals surface area contributed by atoms with E-state index in [0.717, 1.165) is 12.1 Å². The zero-order valence-corrected chi connectivity index (χ0v) is 13.8. The summed E-state index contributed by atoms with van der Waals surface area (Å²) in [4.78, 5) is 23.5. The molecule has 0 radical (unpaired) electrons. The van der Waals surface area contributed by atoms with Crippen LogP contribution in [0.5, 0.6) is 0 Å². The highest BCUT2D eigenvalue weighted by Gasteiger charge is 2.30. The van der Waals surface area contributed by atoms with Gasteiger partial charge in [-0.15, -0.1) is 0 Å². The van der Waals surface area contributed by atoms with Gasteiger partial charge in [-0.2, -0.15) is 13.2 Å². The molecule has 1 N–H and O–H groups in total. The van der Waals surface area contributed by atoms with Crippen molar-refractivity contribution in [1.82, 2.24) is 10.2 Å². The number of nitrogens with zero attached hydrogens (tertiary/aromatic N) is 2. The summed E-state index contributed by atoms with van der Waals surface area (Å²) in [6.07, 6.45) is -4.45. The molecule has 0 aliphatic carbocycles. The summed E-state index contributed by atoms with van der Waals surface area (Å²) in [5.41, 5.74) is 0.0160. The van der Waals surface area contributed by atoms with Crippen LogP contribution >= 0.6 is 0 Å². The Morgan fingerprint density at radius 2 is 1.81 bits per heavy atom. The first-order chi connectivity index (χ1) is 12.2. The van der Waals surface area contributed by atoms with Crippen LogP contribution < -0.4 is 5.32 Å². The Hall–Kier alpha value is -3.10. The summed E-state index contributed by atoms with van der Waals surface area (Å²) in [7, 11) is 1.45. The number of non-ortho nitro benzene ring substituents is 1. The highest BCUT2D eigenvalue weighted by molar-refractivity contribution is 5.73. The van der Waals surface area contributed by atoms with Crippen molar-refractivity contribution in [2.45, 2.75) is 19.3 Å². The smallest absolute Gasteiger partial charge is 0.334 e. The summed E-state index contributed by atoms with van der Waals surface area (Å²) in [5, 5.41) is 13.3. The fourth-order valence-electron chi connectivity index (χ4n) is 2.28. The van der Waals surface area contributed by atoms with Crippen LogP contribution in [0, 0.1) is 10.1 Å². The SMILES string of the molecule is CN(Cc1cccc(C(F)(F)F)c1)C(=O)NCc1cccc([N+](=O)[O-])c1. The fourth-order valence-corrected chi connectivity index (χ4v) is 2.28. The van der Waals surface area contributed by atoms with E-state index in [4.69, 9.17) is 0 Å². The molecule has 0 fully saturated rings. The van der Waals surface area contributed by atoms with Gasteiger partial charge in [0.1, 0.15) is 0 Å². The van der Waals surface area contributed by atoms with E-state index in [1.807, 2.05) is 0 Å². The molecule has 9 heteroatoms. The normalized spacial score (nSPS) is 11.1. The van der Waals surface area contributed by atoms with E-state index >= 15 is 0 Å². The summed E-state index contributed by atoms with van der Waals surface area (Å²) in [6, 6.07) is 10.0. The average Bonchev–Trinajstić information content (AvgIpc) is 2.59. The molecule has 0 aliphatic rings. The number of halogens is 3. The standard InChI is InChI=1S/C17H16F3N3O3/c1-22(11-13-5-2-6-14(8-13)17(18,19)20)16(24)21-10-12-4-3-7-15(9-12)23(25)26/h2-9H,10-11H2,1H3,(H,21,24). The maximum atomic E-state index is 12.7.